The molecule has 9 heteroatoms. The van der Waals surface area contributed by atoms with Crippen LogP contribution in [0, 0.1) is 0 Å². The van der Waals surface area contributed by atoms with E-state index in [9.17, 15) is 4.79 Å². The Morgan fingerprint density at radius 2 is 2.00 bits per heavy atom. The zero-order valence-electron chi connectivity index (χ0n) is 13.9. The Balaban J connectivity index is 1.39. The van der Waals surface area contributed by atoms with E-state index in [2.05, 4.69) is 25.5 Å². The minimum Gasteiger partial charge on any atom is -0.338 e. The van der Waals surface area contributed by atoms with Gasteiger partial charge in [0.15, 0.2) is 5.65 Å². The highest BCUT2D eigenvalue weighted by molar-refractivity contribution is 7.99. The lowest BCUT2D eigenvalue weighted by atomic mass is 10.2. The van der Waals surface area contributed by atoms with Crippen LogP contribution in [0.3, 0.4) is 0 Å². The van der Waals surface area contributed by atoms with E-state index in [4.69, 9.17) is 23.2 Å². The van der Waals surface area contributed by atoms with Gasteiger partial charge < -0.3 is 10.3 Å². The number of nitrogens with one attached hydrogen (secondary N) is 2. The van der Waals surface area contributed by atoms with Gasteiger partial charge >= 0.3 is 0 Å². The van der Waals surface area contributed by atoms with E-state index in [0.717, 1.165) is 16.4 Å². The fourth-order valence-corrected chi connectivity index (χ4v) is 3.67. The summed E-state index contributed by atoms with van der Waals surface area (Å²) in [6, 6.07) is 12.8. The minimum atomic E-state index is -0.161. The molecule has 2 aromatic carbocycles. The number of hydrogen-bond donors (Lipinski definition) is 2. The Bertz CT molecular complexity index is 1150. The van der Waals surface area contributed by atoms with Crippen molar-refractivity contribution < 1.29 is 4.79 Å². The molecule has 0 aliphatic heterocycles. The molecule has 6 nitrogen and oxygen atoms in total. The molecule has 0 saturated heterocycles. The third-order valence-corrected chi connectivity index (χ3v) is 5.27. The molecule has 136 valence electrons. The van der Waals surface area contributed by atoms with Crippen molar-refractivity contribution in [1.82, 2.24) is 20.2 Å². The van der Waals surface area contributed by atoms with Gasteiger partial charge in [0.05, 0.1) is 10.7 Å². The minimum absolute atomic E-state index is 0.161. The summed E-state index contributed by atoms with van der Waals surface area (Å²) >= 11 is 13.3. The highest BCUT2D eigenvalue weighted by Crippen LogP contribution is 2.26. The van der Waals surface area contributed by atoms with Gasteiger partial charge in [0.1, 0.15) is 5.52 Å². The van der Waals surface area contributed by atoms with Gasteiger partial charge in [-0.1, -0.05) is 53.2 Å². The van der Waals surface area contributed by atoms with E-state index in [1.165, 1.54) is 11.8 Å². The number of rotatable bonds is 5. The average molecular weight is 418 g/mol. The van der Waals surface area contributed by atoms with Crippen LogP contribution in [-0.2, 0) is 4.79 Å². The molecule has 0 saturated carbocycles. The van der Waals surface area contributed by atoms with E-state index in [1.807, 2.05) is 24.3 Å². The van der Waals surface area contributed by atoms with Gasteiger partial charge in [-0.3, -0.25) is 4.79 Å². The maximum absolute atomic E-state index is 12.1. The van der Waals surface area contributed by atoms with Gasteiger partial charge in [0.2, 0.25) is 11.1 Å². The molecule has 4 rings (SSSR count). The van der Waals surface area contributed by atoms with Crippen molar-refractivity contribution in [3.05, 3.63) is 52.5 Å². The number of aromatic nitrogens is 4. The van der Waals surface area contributed by atoms with E-state index in [1.54, 1.807) is 18.2 Å². The zero-order valence-corrected chi connectivity index (χ0v) is 16.2. The Morgan fingerprint density at radius 3 is 2.89 bits per heavy atom. The number of carbonyl (C=O) groups excluding carboxylic acids is 1. The Kier molecular flexibility index (Phi) is 5.15. The third kappa shape index (κ3) is 4.00. The first-order chi connectivity index (χ1) is 13.1. The van der Waals surface area contributed by atoms with E-state index < -0.39 is 0 Å². The molecular weight excluding hydrogens is 405 g/mol. The van der Waals surface area contributed by atoms with Crippen LogP contribution in [0.2, 0.25) is 10.0 Å². The van der Waals surface area contributed by atoms with E-state index >= 15 is 0 Å². The standard InChI is InChI=1S/C18H13Cl2N5OS/c19-10-5-6-12(20)14(9-10)21-15(26)7-8-27-18-23-17-16(24-25-18)11-3-1-2-4-13(11)22-17/h1-6,9H,7-8H2,(H,21,26)(H,22,23,25). The Morgan fingerprint density at radius 1 is 1.15 bits per heavy atom. The van der Waals surface area contributed by atoms with E-state index in [-0.39, 0.29) is 12.3 Å². The summed E-state index contributed by atoms with van der Waals surface area (Å²) in [5.41, 5.74) is 2.89. The molecule has 4 aromatic rings. The second-order valence-corrected chi connectivity index (χ2v) is 7.64. The van der Waals surface area contributed by atoms with Gasteiger partial charge in [0, 0.05) is 28.1 Å². The first kappa shape index (κ1) is 18.0. The number of amides is 1. The first-order valence-electron chi connectivity index (χ1n) is 8.09. The SMILES string of the molecule is O=C(CCSc1nnc2c(n1)[nH]c1ccccc12)Nc1cc(Cl)ccc1Cl. The second kappa shape index (κ2) is 7.72. The van der Waals surface area contributed by atoms with Crippen molar-refractivity contribution in [2.45, 2.75) is 11.6 Å². The molecule has 2 aromatic heterocycles. The van der Waals surface area contributed by atoms with Crippen LogP contribution in [0.25, 0.3) is 22.1 Å². The topological polar surface area (TPSA) is 83.6 Å². The van der Waals surface area contributed by atoms with Crippen molar-refractivity contribution >= 4 is 68.6 Å². The van der Waals surface area contributed by atoms with Crippen molar-refractivity contribution in [1.29, 1.82) is 0 Å². The fourth-order valence-electron chi connectivity index (χ4n) is 2.61. The number of nitrogens with zero attached hydrogens (tertiary/aromatic N) is 3. The fraction of sp³-hybridized carbons (Fsp3) is 0.111. The predicted octanol–water partition coefficient (Wildman–Crippen LogP) is 4.93. The number of para-hydroxylation sites is 1. The van der Waals surface area contributed by atoms with Crippen LogP contribution in [0.1, 0.15) is 6.42 Å². The average Bonchev–Trinajstić information content (AvgIpc) is 3.02. The highest BCUT2D eigenvalue weighted by Gasteiger charge is 2.11. The van der Waals surface area contributed by atoms with Crippen molar-refractivity contribution in [2.24, 2.45) is 0 Å². The number of carbonyl (C=O) groups is 1. The van der Waals surface area contributed by atoms with Crippen LogP contribution < -0.4 is 5.32 Å². The zero-order chi connectivity index (χ0) is 18.8. The van der Waals surface area contributed by atoms with Crippen LogP contribution in [-0.4, -0.2) is 31.8 Å². The lowest BCUT2D eigenvalue weighted by Crippen LogP contribution is -2.12. The lowest BCUT2D eigenvalue weighted by molar-refractivity contribution is -0.115. The van der Waals surface area contributed by atoms with E-state index in [0.29, 0.717) is 32.3 Å². The first-order valence-corrected chi connectivity index (χ1v) is 9.83. The molecule has 27 heavy (non-hydrogen) atoms. The normalized spacial score (nSPS) is 11.2. The molecule has 0 aliphatic rings. The Hall–Kier alpha value is -2.35. The van der Waals surface area contributed by atoms with Gasteiger partial charge in [-0.05, 0) is 24.3 Å². The molecule has 0 fully saturated rings. The number of benzene rings is 2. The van der Waals surface area contributed by atoms with Crippen LogP contribution in [0.4, 0.5) is 5.69 Å². The molecule has 2 N–H and O–H groups in total. The quantitative estimate of drug-likeness (QED) is 0.449. The van der Waals surface area contributed by atoms with Gasteiger partial charge in [-0.25, -0.2) is 4.98 Å². The summed E-state index contributed by atoms with van der Waals surface area (Å²) < 4.78 is 0. The van der Waals surface area contributed by atoms with Gasteiger partial charge in [-0.2, -0.15) is 0 Å². The lowest BCUT2D eigenvalue weighted by Gasteiger charge is -2.07. The maximum Gasteiger partial charge on any atom is 0.225 e. The smallest absolute Gasteiger partial charge is 0.225 e. The van der Waals surface area contributed by atoms with Crippen LogP contribution in [0.15, 0.2) is 47.6 Å². The van der Waals surface area contributed by atoms with Crippen molar-refractivity contribution in [3.8, 4) is 0 Å². The molecule has 0 atom stereocenters. The summed E-state index contributed by atoms with van der Waals surface area (Å²) in [5, 5.41) is 13.6. The van der Waals surface area contributed by atoms with Gasteiger partial charge in [-0.15, -0.1) is 10.2 Å². The Labute approximate surface area is 168 Å². The molecular formula is C18H13Cl2N5OS. The number of hydrogen-bond acceptors (Lipinski definition) is 5. The second-order valence-electron chi connectivity index (χ2n) is 5.73. The number of thioether (sulfide) groups is 1. The van der Waals surface area contributed by atoms with Gasteiger partial charge in [0.25, 0.3) is 0 Å². The largest absolute Gasteiger partial charge is 0.338 e. The number of H-pyrrole nitrogens is 1. The van der Waals surface area contributed by atoms with Crippen LogP contribution >= 0.6 is 35.0 Å². The summed E-state index contributed by atoms with van der Waals surface area (Å²) in [5.74, 6) is 0.351. The molecule has 0 bridgehead atoms. The number of halogens is 2. The predicted molar refractivity (Wildman–Crippen MR) is 110 cm³/mol. The molecule has 0 spiro atoms. The number of aromatic amines is 1. The molecule has 0 unspecified atom stereocenters. The third-order valence-electron chi connectivity index (χ3n) is 3.87. The molecule has 0 aliphatic carbocycles. The number of anilines is 1. The summed E-state index contributed by atoms with van der Waals surface area (Å²) in [6.07, 6.45) is 0.279. The molecule has 1 amide bonds. The molecule has 0 radical (unpaired) electrons. The maximum atomic E-state index is 12.1. The molecule has 2 heterocycles. The number of fused-ring (bicyclic) bond motifs is 3. The summed E-state index contributed by atoms with van der Waals surface area (Å²) in [7, 11) is 0. The summed E-state index contributed by atoms with van der Waals surface area (Å²) in [4.78, 5) is 19.8. The van der Waals surface area contributed by atoms with Crippen molar-refractivity contribution in [3.63, 3.8) is 0 Å². The van der Waals surface area contributed by atoms with Crippen molar-refractivity contribution in [2.75, 3.05) is 11.1 Å². The summed E-state index contributed by atoms with van der Waals surface area (Å²) in [6.45, 7) is 0. The monoisotopic (exact) mass is 417 g/mol. The van der Waals surface area contributed by atoms with Crippen LogP contribution in [0.5, 0.6) is 0 Å². The highest BCUT2D eigenvalue weighted by atomic mass is 35.5.